The van der Waals surface area contributed by atoms with Crippen LogP contribution in [0.25, 0.3) is 0 Å². The van der Waals surface area contributed by atoms with Crippen LogP contribution >= 0.6 is 11.6 Å². The molecule has 1 aromatic rings. The molecule has 1 fully saturated rings. The summed E-state index contributed by atoms with van der Waals surface area (Å²) in [5.41, 5.74) is -0.819. The van der Waals surface area contributed by atoms with E-state index >= 15 is 0 Å². The molecule has 2 rings (SSSR count). The minimum Gasteiger partial charge on any atom is -0.508 e. The molecule has 1 N–H and O–H groups in total. The number of phenolic OH excluding ortho intramolecular Hbond substituents is 1. The van der Waals surface area contributed by atoms with Gasteiger partial charge >= 0.3 is 7.12 Å². The highest BCUT2D eigenvalue weighted by Gasteiger charge is 2.53. The van der Waals surface area contributed by atoms with Crippen LogP contribution in [0, 0.1) is 5.82 Å². The summed E-state index contributed by atoms with van der Waals surface area (Å²) >= 11 is 5.94. The van der Waals surface area contributed by atoms with Gasteiger partial charge in [0.15, 0.2) is 0 Å². The largest absolute Gasteiger partial charge is 0.508 e. The Balaban J connectivity index is 2.42. The van der Waals surface area contributed by atoms with E-state index in [-0.39, 0.29) is 16.2 Å². The second-order valence-electron chi connectivity index (χ2n) is 5.41. The van der Waals surface area contributed by atoms with Crippen LogP contribution < -0.4 is 5.46 Å². The van der Waals surface area contributed by atoms with Crippen molar-refractivity contribution in [1.29, 1.82) is 0 Å². The molecule has 1 aliphatic rings. The van der Waals surface area contributed by atoms with E-state index in [0.717, 1.165) is 12.1 Å². The van der Waals surface area contributed by atoms with Gasteiger partial charge in [-0.25, -0.2) is 4.39 Å². The van der Waals surface area contributed by atoms with Crippen LogP contribution in [0.4, 0.5) is 4.39 Å². The molecular weight excluding hydrogens is 257 g/mol. The van der Waals surface area contributed by atoms with Crippen molar-refractivity contribution in [2.75, 3.05) is 0 Å². The monoisotopic (exact) mass is 272 g/mol. The number of benzene rings is 1. The van der Waals surface area contributed by atoms with Crippen LogP contribution in [0.1, 0.15) is 27.7 Å². The Morgan fingerprint density at radius 1 is 1.17 bits per heavy atom. The van der Waals surface area contributed by atoms with Gasteiger partial charge in [0, 0.05) is 16.6 Å². The van der Waals surface area contributed by atoms with Gasteiger partial charge in [-0.3, -0.25) is 0 Å². The third-order valence-corrected chi connectivity index (χ3v) is 3.87. The molecular formula is C12H15BClFO3. The van der Waals surface area contributed by atoms with Gasteiger partial charge in [-0.05, 0) is 33.8 Å². The Kier molecular flexibility index (Phi) is 3.12. The van der Waals surface area contributed by atoms with E-state index in [4.69, 9.17) is 20.9 Å². The molecule has 1 aromatic carbocycles. The summed E-state index contributed by atoms with van der Waals surface area (Å²) in [5, 5.41) is 9.88. The van der Waals surface area contributed by atoms with Crippen molar-refractivity contribution in [1.82, 2.24) is 0 Å². The minimum atomic E-state index is -0.803. The van der Waals surface area contributed by atoms with E-state index in [1.807, 2.05) is 27.7 Å². The SMILES string of the molecule is CC1(C)OB(c2c(O)cc(F)cc2Cl)OC1(C)C. The lowest BCUT2D eigenvalue weighted by Gasteiger charge is -2.32. The van der Waals surface area contributed by atoms with E-state index in [1.165, 1.54) is 0 Å². The fourth-order valence-corrected chi connectivity index (χ4v) is 2.06. The maximum Gasteiger partial charge on any atom is 0.500 e. The van der Waals surface area contributed by atoms with Crippen molar-refractivity contribution in [2.24, 2.45) is 0 Å². The molecule has 0 aromatic heterocycles. The van der Waals surface area contributed by atoms with Gasteiger partial charge < -0.3 is 14.4 Å². The van der Waals surface area contributed by atoms with Crippen LogP contribution in [0.15, 0.2) is 12.1 Å². The maximum absolute atomic E-state index is 13.1. The quantitative estimate of drug-likeness (QED) is 0.798. The predicted molar refractivity (Wildman–Crippen MR) is 68.8 cm³/mol. The highest BCUT2D eigenvalue weighted by atomic mass is 35.5. The first-order valence-corrected chi connectivity index (χ1v) is 6.05. The zero-order valence-electron chi connectivity index (χ0n) is 10.8. The van der Waals surface area contributed by atoms with Gasteiger partial charge in [0.05, 0.1) is 11.2 Å². The lowest BCUT2D eigenvalue weighted by atomic mass is 9.78. The molecule has 1 saturated heterocycles. The number of rotatable bonds is 1. The number of hydrogen-bond acceptors (Lipinski definition) is 3. The van der Waals surface area contributed by atoms with Crippen molar-refractivity contribution in [3.8, 4) is 5.75 Å². The van der Waals surface area contributed by atoms with E-state index in [0.29, 0.717) is 0 Å². The summed E-state index contributed by atoms with van der Waals surface area (Å²) < 4.78 is 24.6. The van der Waals surface area contributed by atoms with Gasteiger partial charge in [-0.1, -0.05) is 11.6 Å². The number of phenols is 1. The lowest BCUT2D eigenvalue weighted by Crippen LogP contribution is -2.41. The highest BCUT2D eigenvalue weighted by molar-refractivity contribution is 6.66. The Bertz CT molecular complexity index is 451. The maximum atomic E-state index is 13.1. The summed E-state index contributed by atoms with van der Waals surface area (Å²) in [4.78, 5) is 0. The van der Waals surface area contributed by atoms with Gasteiger partial charge in [-0.15, -0.1) is 0 Å². The van der Waals surface area contributed by atoms with E-state index in [2.05, 4.69) is 0 Å². The standard InChI is InChI=1S/C12H15BClFO3/c1-11(2)12(3,4)18-13(17-11)10-8(14)5-7(15)6-9(10)16/h5-6,16H,1-4H3. The fraction of sp³-hybridized carbons (Fsp3) is 0.500. The van der Waals surface area contributed by atoms with E-state index in [1.54, 1.807) is 0 Å². The average Bonchev–Trinajstić information content (AvgIpc) is 2.32. The minimum absolute atomic E-state index is 0.0889. The van der Waals surface area contributed by atoms with Gasteiger partial charge in [0.25, 0.3) is 0 Å². The molecule has 0 saturated carbocycles. The topological polar surface area (TPSA) is 38.7 Å². The molecule has 1 heterocycles. The summed E-state index contributed by atoms with van der Waals surface area (Å²) in [5.74, 6) is -0.865. The van der Waals surface area contributed by atoms with Crippen LogP contribution in [0.5, 0.6) is 5.75 Å². The van der Waals surface area contributed by atoms with Crippen molar-refractivity contribution in [3.63, 3.8) is 0 Å². The lowest BCUT2D eigenvalue weighted by molar-refractivity contribution is 0.00578. The van der Waals surface area contributed by atoms with E-state index < -0.39 is 24.1 Å². The molecule has 0 aliphatic carbocycles. The molecule has 0 atom stereocenters. The normalized spacial score (nSPS) is 21.3. The van der Waals surface area contributed by atoms with Crippen LogP contribution in [0.2, 0.25) is 5.02 Å². The van der Waals surface area contributed by atoms with Gasteiger partial charge in [0.1, 0.15) is 11.6 Å². The summed E-state index contributed by atoms with van der Waals surface area (Å²) in [6.07, 6.45) is 0. The van der Waals surface area contributed by atoms with Crippen molar-refractivity contribution >= 4 is 24.2 Å². The molecule has 6 heteroatoms. The Morgan fingerprint density at radius 2 is 1.67 bits per heavy atom. The fourth-order valence-electron chi connectivity index (χ4n) is 1.77. The first-order chi connectivity index (χ1) is 8.14. The Labute approximate surface area is 111 Å². The van der Waals surface area contributed by atoms with Gasteiger partial charge in [-0.2, -0.15) is 0 Å². The summed E-state index contributed by atoms with van der Waals surface area (Å²) in [6, 6.07) is 2.12. The molecule has 18 heavy (non-hydrogen) atoms. The second-order valence-corrected chi connectivity index (χ2v) is 5.82. The molecule has 3 nitrogen and oxygen atoms in total. The first kappa shape index (κ1) is 13.7. The Hall–Kier alpha value is -0.775. The van der Waals surface area contributed by atoms with Crippen LogP contribution in [-0.2, 0) is 9.31 Å². The Morgan fingerprint density at radius 3 is 2.11 bits per heavy atom. The molecule has 0 spiro atoms. The second kappa shape index (κ2) is 4.12. The third kappa shape index (κ3) is 2.11. The van der Waals surface area contributed by atoms with Crippen molar-refractivity contribution in [3.05, 3.63) is 23.0 Å². The average molecular weight is 273 g/mol. The van der Waals surface area contributed by atoms with Crippen LogP contribution in [-0.4, -0.2) is 23.4 Å². The molecule has 0 bridgehead atoms. The zero-order chi connectivity index (χ0) is 13.7. The molecule has 98 valence electrons. The highest BCUT2D eigenvalue weighted by Crippen LogP contribution is 2.37. The number of hydrogen-bond donors (Lipinski definition) is 1. The van der Waals surface area contributed by atoms with Crippen molar-refractivity contribution < 1.29 is 18.8 Å². The molecule has 0 amide bonds. The molecule has 0 radical (unpaired) electrons. The summed E-state index contributed by atoms with van der Waals surface area (Å²) in [6.45, 7) is 7.56. The zero-order valence-corrected chi connectivity index (χ0v) is 11.5. The smallest absolute Gasteiger partial charge is 0.500 e. The predicted octanol–water partition coefficient (Wildman–Crippen LogP) is 2.48. The van der Waals surface area contributed by atoms with E-state index in [9.17, 15) is 9.50 Å². The number of aromatic hydroxyl groups is 1. The molecule has 1 aliphatic heterocycles. The van der Waals surface area contributed by atoms with Gasteiger partial charge in [0.2, 0.25) is 0 Å². The molecule has 0 unspecified atom stereocenters. The third-order valence-electron chi connectivity index (χ3n) is 3.56. The first-order valence-electron chi connectivity index (χ1n) is 5.67. The summed E-state index contributed by atoms with van der Waals surface area (Å²) in [7, 11) is -0.803. The van der Waals surface area contributed by atoms with Crippen molar-refractivity contribution in [2.45, 2.75) is 38.9 Å². The van der Waals surface area contributed by atoms with Crippen LogP contribution in [0.3, 0.4) is 0 Å². The number of halogens is 2.